The Labute approximate surface area is 201 Å². The molecule has 35 heavy (non-hydrogen) atoms. The van der Waals surface area contributed by atoms with Gasteiger partial charge >= 0.3 is 6.36 Å². The predicted octanol–water partition coefficient (Wildman–Crippen LogP) is 3.79. The molecule has 3 atom stereocenters. The summed E-state index contributed by atoms with van der Waals surface area (Å²) in [7, 11) is 1.65. The van der Waals surface area contributed by atoms with Gasteiger partial charge in [0, 0.05) is 13.1 Å². The number of nitrogens with one attached hydrogen (secondary N) is 1. The van der Waals surface area contributed by atoms with Crippen molar-refractivity contribution < 1.29 is 31.8 Å². The van der Waals surface area contributed by atoms with Crippen molar-refractivity contribution in [1.82, 2.24) is 14.8 Å². The number of nitrogens with two attached hydrogens (primary N) is 2. The molecule has 1 amide bonds. The number of hydrogen-bond donors (Lipinski definition) is 3. The minimum atomic E-state index is -4.90. The minimum absolute atomic E-state index is 0.00159. The maximum atomic E-state index is 14.0. The van der Waals surface area contributed by atoms with Crippen molar-refractivity contribution in [3.05, 3.63) is 41.9 Å². The average molecular weight is 515 g/mol. The third-order valence-corrected chi connectivity index (χ3v) is 6.35. The molecule has 1 aliphatic rings. The van der Waals surface area contributed by atoms with Crippen LogP contribution in [0.4, 0.5) is 28.3 Å². The van der Waals surface area contributed by atoms with Crippen molar-refractivity contribution in [3.63, 3.8) is 0 Å². The molecule has 1 aliphatic heterocycles. The minimum Gasteiger partial charge on any atom is -0.405 e. The number of aryl methyl sites for hydroxylation is 1. The number of nitrogen functional groups attached to an aromatic ring is 1. The molecule has 1 aromatic carbocycles. The number of nitrogens with zero attached hydrogens (tertiary/aromatic N) is 3. The number of rotatable bonds is 5. The van der Waals surface area contributed by atoms with Crippen LogP contribution in [-0.4, -0.2) is 45.9 Å². The number of amides is 1. The molecule has 0 bridgehead atoms. The number of hydrogen-bond acceptors (Lipinski definition) is 8. The highest BCUT2D eigenvalue weighted by Crippen LogP contribution is 2.38. The lowest BCUT2D eigenvalue weighted by Gasteiger charge is -2.17. The Balaban J connectivity index is 1.58. The smallest absolute Gasteiger partial charge is 0.405 e. The third kappa shape index (κ3) is 5.55. The Hall–Kier alpha value is -3.23. The summed E-state index contributed by atoms with van der Waals surface area (Å²) in [6, 6.07) is 4.77. The van der Waals surface area contributed by atoms with Crippen LogP contribution < -0.4 is 21.5 Å². The lowest BCUT2D eigenvalue weighted by atomic mass is 10.0. The number of carbonyl (C=O) groups is 1. The van der Waals surface area contributed by atoms with E-state index in [1.807, 2.05) is 0 Å². The first-order valence-electron chi connectivity index (χ1n) is 10.5. The van der Waals surface area contributed by atoms with Gasteiger partial charge in [-0.2, -0.15) is 5.10 Å². The van der Waals surface area contributed by atoms with Crippen LogP contribution in [0.5, 0.6) is 5.75 Å². The van der Waals surface area contributed by atoms with Crippen LogP contribution in [0.3, 0.4) is 0 Å². The Bertz CT molecular complexity index is 1200. The average Bonchev–Trinajstić information content (AvgIpc) is 3.30. The topological polar surface area (TPSA) is 130 Å². The fourth-order valence-corrected chi connectivity index (χ4v) is 4.59. The van der Waals surface area contributed by atoms with Gasteiger partial charge in [0.15, 0.2) is 5.69 Å². The Kier molecular flexibility index (Phi) is 6.96. The molecule has 0 aliphatic carbocycles. The predicted molar refractivity (Wildman–Crippen MR) is 121 cm³/mol. The fourth-order valence-electron chi connectivity index (χ4n) is 3.73. The van der Waals surface area contributed by atoms with Gasteiger partial charge in [0.25, 0.3) is 5.91 Å². The molecule has 188 valence electrons. The summed E-state index contributed by atoms with van der Waals surface area (Å²) >= 11 is 0.845. The SMILES string of the molecule is Cn1ncc(NC(=O)c2nc(-c3ccccc3OC(F)(F)F)sc2N)c1C1CCC(N)C(F)CO1. The Morgan fingerprint density at radius 1 is 1.31 bits per heavy atom. The number of halogens is 4. The van der Waals surface area contributed by atoms with Crippen molar-refractivity contribution in [3.8, 4) is 16.3 Å². The van der Waals surface area contributed by atoms with Gasteiger partial charge < -0.3 is 26.3 Å². The highest BCUT2D eigenvalue weighted by atomic mass is 32.1. The fraction of sp³-hybridized carbons (Fsp3) is 0.381. The van der Waals surface area contributed by atoms with Gasteiger partial charge in [-0.1, -0.05) is 23.5 Å². The highest BCUT2D eigenvalue weighted by Gasteiger charge is 2.33. The molecule has 0 saturated carbocycles. The van der Waals surface area contributed by atoms with Gasteiger partial charge in [0.1, 0.15) is 28.0 Å². The van der Waals surface area contributed by atoms with Crippen LogP contribution in [-0.2, 0) is 11.8 Å². The van der Waals surface area contributed by atoms with Crippen molar-refractivity contribution in [1.29, 1.82) is 0 Å². The van der Waals surface area contributed by atoms with Crippen LogP contribution in [0.25, 0.3) is 10.6 Å². The van der Waals surface area contributed by atoms with Gasteiger partial charge in [0.2, 0.25) is 0 Å². The molecular formula is C21H22F4N6O3S. The van der Waals surface area contributed by atoms with E-state index in [9.17, 15) is 22.4 Å². The van der Waals surface area contributed by atoms with Gasteiger partial charge in [-0.05, 0) is 25.0 Å². The molecule has 0 spiro atoms. The molecule has 5 N–H and O–H groups in total. The summed E-state index contributed by atoms with van der Waals surface area (Å²) in [4.78, 5) is 17.2. The molecule has 0 radical (unpaired) electrons. The molecular weight excluding hydrogens is 492 g/mol. The second-order valence-electron chi connectivity index (χ2n) is 7.88. The van der Waals surface area contributed by atoms with Crippen molar-refractivity contribution in [2.75, 3.05) is 17.7 Å². The van der Waals surface area contributed by atoms with E-state index in [2.05, 4.69) is 20.1 Å². The molecule has 3 heterocycles. The number of thiazole rings is 1. The molecule has 14 heteroatoms. The molecule has 3 unspecified atom stereocenters. The van der Waals surface area contributed by atoms with E-state index in [1.54, 1.807) is 7.05 Å². The number of alkyl halides is 4. The second kappa shape index (κ2) is 9.79. The van der Waals surface area contributed by atoms with Gasteiger partial charge in [-0.3, -0.25) is 9.48 Å². The molecule has 1 fully saturated rings. The number of benzene rings is 1. The van der Waals surface area contributed by atoms with E-state index in [4.69, 9.17) is 16.2 Å². The summed E-state index contributed by atoms with van der Waals surface area (Å²) in [5, 5.41) is 6.90. The quantitative estimate of drug-likeness (QED) is 0.442. The van der Waals surface area contributed by atoms with E-state index in [1.165, 1.54) is 29.1 Å². The first-order valence-corrected chi connectivity index (χ1v) is 11.3. The number of anilines is 2. The zero-order valence-electron chi connectivity index (χ0n) is 18.4. The first kappa shape index (κ1) is 24.9. The van der Waals surface area contributed by atoms with Crippen molar-refractivity contribution >= 4 is 27.9 Å². The van der Waals surface area contributed by atoms with Crippen LogP contribution >= 0.6 is 11.3 Å². The van der Waals surface area contributed by atoms with Gasteiger partial charge in [-0.25, -0.2) is 9.37 Å². The third-order valence-electron chi connectivity index (χ3n) is 5.43. The summed E-state index contributed by atoms with van der Waals surface area (Å²) < 4.78 is 63.5. The maximum Gasteiger partial charge on any atom is 0.573 e. The normalized spacial score (nSPS) is 20.9. The van der Waals surface area contributed by atoms with Crippen LogP contribution in [0.2, 0.25) is 0 Å². The summed E-state index contributed by atoms with van der Waals surface area (Å²) in [6.45, 7) is -0.188. The van der Waals surface area contributed by atoms with Gasteiger partial charge in [-0.15, -0.1) is 13.2 Å². The lowest BCUT2D eigenvalue weighted by molar-refractivity contribution is -0.274. The first-order chi connectivity index (χ1) is 16.5. The standard InChI is InChI=1S/C21H22F4N6O3S/c1-31-17(15-7-6-12(26)11(22)9-33-15)13(8-28-31)29-19(32)16-18(27)35-20(30-16)10-4-2-3-5-14(10)34-21(23,24)25/h2-5,8,11-12,15H,6-7,9,26-27H2,1H3,(H,29,32). The highest BCUT2D eigenvalue weighted by molar-refractivity contribution is 7.19. The van der Waals surface area contributed by atoms with Crippen LogP contribution in [0.15, 0.2) is 30.5 Å². The zero-order valence-corrected chi connectivity index (χ0v) is 19.2. The monoisotopic (exact) mass is 514 g/mol. The summed E-state index contributed by atoms with van der Waals surface area (Å²) in [5.74, 6) is -1.16. The molecule has 9 nitrogen and oxygen atoms in total. The van der Waals surface area contributed by atoms with E-state index < -0.39 is 36.3 Å². The molecule has 4 rings (SSSR count). The zero-order chi connectivity index (χ0) is 25.3. The molecule has 2 aromatic heterocycles. The molecule has 1 saturated heterocycles. The second-order valence-corrected chi connectivity index (χ2v) is 8.91. The number of carbonyl (C=O) groups excluding carboxylic acids is 1. The number of aromatic nitrogens is 3. The Morgan fingerprint density at radius 2 is 2.06 bits per heavy atom. The maximum absolute atomic E-state index is 14.0. The number of ether oxygens (including phenoxy) is 2. The summed E-state index contributed by atoms with van der Waals surface area (Å²) in [5.41, 5.74) is 12.5. The van der Waals surface area contributed by atoms with E-state index in [0.29, 0.717) is 24.2 Å². The van der Waals surface area contributed by atoms with Crippen molar-refractivity contribution in [2.45, 2.75) is 37.5 Å². The van der Waals surface area contributed by atoms with Crippen molar-refractivity contribution in [2.24, 2.45) is 12.8 Å². The van der Waals surface area contributed by atoms with E-state index in [-0.39, 0.29) is 27.9 Å². The lowest BCUT2D eigenvalue weighted by Crippen LogP contribution is -2.32. The summed E-state index contributed by atoms with van der Waals surface area (Å²) in [6.07, 6.45) is -4.55. The van der Waals surface area contributed by atoms with E-state index in [0.717, 1.165) is 17.4 Å². The van der Waals surface area contributed by atoms with Crippen LogP contribution in [0, 0.1) is 0 Å². The van der Waals surface area contributed by atoms with E-state index >= 15 is 0 Å². The Morgan fingerprint density at radius 3 is 2.80 bits per heavy atom. The van der Waals surface area contributed by atoms with Gasteiger partial charge in [0.05, 0.1) is 29.7 Å². The number of para-hydroxylation sites is 1. The largest absolute Gasteiger partial charge is 0.573 e. The van der Waals surface area contributed by atoms with Crippen LogP contribution in [0.1, 0.15) is 35.1 Å². The molecule has 3 aromatic rings.